The first-order valence-corrected chi connectivity index (χ1v) is 8.79. The highest BCUT2D eigenvalue weighted by Gasteiger charge is 2.26. The van der Waals surface area contributed by atoms with Crippen molar-refractivity contribution >= 4 is 11.6 Å². The monoisotopic (exact) mass is 302 g/mol. The van der Waals surface area contributed by atoms with Crippen LogP contribution in [0.4, 0.5) is 5.69 Å². The summed E-state index contributed by atoms with van der Waals surface area (Å²) >= 11 is 0. The van der Waals surface area contributed by atoms with Gasteiger partial charge in [-0.05, 0) is 55.7 Å². The Hall–Kier alpha value is -1.35. The molecule has 1 aromatic rings. The van der Waals surface area contributed by atoms with Crippen molar-refractivity contribution in [3.63, 3.8) is 0 Å². The minimum Gasteiger partial charge on any atom is -0.327 e. The van der Waals surface area contributed by atoms with Crippen LogP contribution in [0.15, 0.2) is 18.2 Å². The second kappa shape index (κ2) is 7.77. The quantitative estimate of drug-likeness (QED) is 0.871. The number of hydrogen-bond acceptors (Lipinski definition) is 2. The number of nitrogens with two attached hydrogens (primary N) is 1. The van der Waals surface area contributed by atoms with Crippen molar-refractivity contribution in [2.24, 2.45) is 11.7 Å². The topological polar surface area (TPSA) is 46.3 Å². The molecule has 22 heavy (non-hydrogen) atoms. The maximum Gasteiger partial charge on any atom is 0.230 e. The van der Waals surface area contributed by atoms with E-state index in [4.69, 9.17) is 5.73 Å². The van der Waals surface area contributed by atoms with Gasteiger partial charge >= 0.3 is 0 Å². The number of benzene rings is 1. The van der Waals surface area contributed by atoms with Crippen LogP contribution in [0.25, 0.3) is 0 Å². The molecule has 1 aromatic carbocycles. The van der Waals surface area contributed by atoms with Crippen LogP contribution in [-0.4, -0.2) is 18.5 Å². The standard InChI is InChI=1S/C19H30N2O/c1-4-15(5-2)19(22)21-11-7-8-16-12-14(9-10-18(16)21)13-17(20)6-3/h9-10,12,15,17H,4-8,11,13,20H2,1-3H3. The maximum atomic E-state index is 12.7. The molecule has 1 aliphatic heterocycles. The molecule has 122 valence electrons. The highest BCUT2D eigenvalue weighted by molar-refractivity contribution is 5.96. The lowest BCUT2D eigenvalue weighted by Gasteiger charge is -2.32. The van der Waals surface area contributed by atoms with Gasteiger partial charge in [0.05, 0.1) is 0 Å². The molecular formula is C19H30N2O. The summed E-state index contributed by atoms with van der Waals surface area (Å²) in [7, 11) is 0. The number of hydrogen-bond donors (Lipinski definition) is 1. The summed E-state index contributed by atoms with van der Waals surface area (Å²) in [5.41, 5.74) is 9.80. The molecule has 3 nitrogen and oxygen atoms in total. The number of aryl methyl sites for hydroxylation is 1. The fraction of sp³-hybridized carbons (Fsp3) is 0.632. The fourth-order valence-corrected chi connectivity index (χ4v) is 3.31. The van der Waals surface area contributed by atoms with E-state index in [2.05, 4.69) is 39.0 Å². The van der Waals surface area contributed by atoms with E-state index in [9.17, 15) is 4.79 Å². The highest BCUT2D eigenvalue weighted by Crippen LogP contribution is 2.30. The summed E-state index contributed by atoms with van der Waals surface area (Å²) in [6.07, 6.45) is 5.88. The summed E-state index contributed by atoms with van der Waals surface area (Å²) in [5, 5.41) is 0. The number of nitrogens with zero attached hydrogens (tertiary/aromatic N) is 1. The van der Waals surface area contributed by atoms with Crippen LogP contribution in [0.1, 0.15) is 57.6 Å². The number of carbonyl (C=O) groups is 1. The Balaban J connectivity index is 2.22. The molecule has 0 radical (unpaired) electrons. The number of anilines is 1. The molecule has 1 atom stereocenters. The van der Waals surface area contributed by atoms with E-state index in [1.165, 1.54) is 11.1 Å². The van der Waals surface area contributed by atoms with E-state index >= 15 is 0 Å². The van der Waals surface area contributed by atoms with Gasteiger partial charge in [-0.3, -0.25) is 4.79 Å². The van der Waals surface area contributed by atoms with Crippen LogP contribution in [-0.2, 0) is 17.6 Å². The van der Waals surface area contributed by atoms with Crippen LogP contribution in [0.2, 0.25) is 0 Å². The maximum absolute atomic E-state index is 12.7. The molecule has 1 aliphatic rings. The largest absolute Gasteiger partial charge is 0.327 e. The summed E-state index contributed by atoms with van der Waals surface area (Å²) in [6, 6.07) is 6.76. The van der Waals surface area contributed by atoms with Crippen molar-refractivity contribution in [2.75, 3.05) is 11.4 Å². The van der Waals surface area contributed by atoms with Crippen LogP contribution < -0.4 is 10.6 Å². The molecule has 3 heteroatoms. The smallest absolute Gasteiger partial charge is 0.230 e. The Morgan fingerprint density at radius 1 is 1.23 bits per heavy atom. The van der Waals surface area contributed by atoms with Crippen LogP contribution in [0.5, 0.6) is 0 Å². The minimum absolute atomic E-state index is 0.152. The van der Waals surface area contributed by atoms with Crippen LogP contribution in [0, 0.1) is 5.92 Å². The van der Waals surface area contributed by atoms with Gasteiger partial charge in [0.2, 0.25) is 5.91 Å². The SMILES string of the molecule is CCC(N)Cc1ccc2c(c1)CCCN2C(=O)C(CC)CC. The van der Waals surface area contributed by atoms with Gasteiger partial charge < -0.3 is 10.6 Å². The Morgan fingerprint density at radius 2 is 1.95 bits per heavy atom. The number of rotatable bonds is 6. The zero-order valence-electron chi connectivity index (χ0n) is 14.3. The fourth-order valence-electron chi connectivity index (χ4n) is 3.31. The van der Waals surface area contributed by atoms with E-state index in [-0.39, 0.29) is 12.0 Å². The molecule has 2 rings (SSSR count). The summed E-state index contributed by atoms with van der Waals surface area (Å²) < 4.78 is 0. The third-order valence-electron chi connectivity index (χ3n) is 4.89. The third-order valence-corrected chi connectivity index (χ3v) is 4.89. The predicted molar refractivity (Wildman–Crippen MR) is 93.2 cm³/mol. The Labute approximate surface area is 134 Å². The lowest BCUT2D eigenvalue weighted by atomic mass is 9.94. The molecule has 0 saturated heterocycles. The van der Waals surface area contributed by atoms with E-state index in [1.807, 2.05) is 4.90 Å². The molecule has 2 N–H and O–H groups in total. The van der Waals surface area contributed by atoms with Crippen molar-refractivity contribution in [2.45, 2.75) is 65.3 Å². The van der Waals surface area contributed by atoms with E-state index in [0.29, 0.717) is 5.91 Å². The Kier molecular flexibility index (Phi) is 6.01. The lowest BCUT2D eigenvalue weighted by molar-refractivity contribution is -0.122. The Bertz CT molecular complexity index is 508. The molecule has 0 aliphatic carbocycles. The van der Waals surface area contributed by atoms with Crippen molar-refractivity contribution < 1.29 is 4.79 Å². The molecule has 0 fully saturated rings. The second-order valence-electron chi connectivity index (χ2n) is 6.44. The summed E-state index contributed by atoms with van der Waals surface area (Å²) in [6.45, 7) is 7.19. The van der Waals surface area contributed by atoms with Crippen LogP contribution in [0.3, 0.4) is 0 Å². The van der Waals surface area contributed by atoms with Crippen LogP contribution >= 0.6 is 0 Å². The van der Waals surface area contributed by atoms with E-state index < -0.39 is 0 Å². The molecule has 0 bridgehead atoms. The zero-order chi connectivity index (χ0) is 16.1. The number of fused-ring (bicyclic) bond motifs is 1. The predicted octanol–water partition coefficient (Wildman–Crippen LogP) is 3.68. The zero-order valence-corrected chi connectivity index (χ0v) is 14.3. The summed E-state index contributed by atoms with van der Waals surface area (Å²) in [4.78, 5) is 14.8. The minimum atomic E-state index is 0.152. The van der Waals surface area contributed by atoms with Crippen molar-refractivity contribution in [1.29, 1.82) is 0 Å². The highest BCUT2D eigenvalue weighted by atomic mass is 16.2. The van der Waals surface area contributed by atoms with Crippen molar-refractivity contribution in [1.82, 2.24) is 0 Å². The van der Waals surface area contributed by atoms with Gasteiger partial charge in [-0.2, -0.15) is 0 Å². The molecular weight excluding hydrogens is 272 g/mol. The van der Waals surface area contributed by atoms with E-state index in [1.54, 1.807) is 0 Å². The molecule has 1 unspecified atom stereocenters. The summed E-state index contributed by atoms with van der Waals surface area (Å²) in [5.74, 6) is 0.447. The molecule has 0 spiro atoms. The molecule has 1 amide bonds. The number of carbonyl (C=O) groups excluding carboxylic acids is 1. The lowest BCUT2D eigenvalue weighted by Crippen LogP contribution is -2.39. The van der Waals surface area contributed by atoms with Gasteiger partial charge in [-0.1, -0.05) is 32.9 Å². The average molecular weight is 302 g/mol. The first kappa shape index (κ1) is 17.0. The number of amides is 1. The first-order chi connectivity index (χ1) is 10.6. The van der Waals surface area contributed by atoms with Gasteiger partial charge in [0, 0.05) is 24.2 Å². The van der Waals surface area contributed by atoms with Gasteiger partial charge in [-0.15, -0.1) is 0 Å². The molecule has 0 saturated carbocycles. The normalized spacial score (nSPS) is 15.8. The van der Waals surface area contributed by atoms with Crippen molar-refractivity contribution in [3.05, 3.63) is 29.3 Å². The van der Waals surface area contributed by atoms with Gasteiger partial charge in [0.1, 0.15) is 0 Å². The average Bonchev–Trinajstić information content (AvgIpc) is 2.54. The third kappa shape index (κ3) is 3.70. The van der Waals surface area contributed by atoms with Gasteiger partial charge in [0.15, 0.2) is 0 Å². The molecule has 1 heterocycles. The van der Waals surface area contributed by atoms with Crippen molar-refractivity contribution in [3.8, 4) is 0 Å². The first-order valence-electron chi connectivity index (χ1n) is 8.79. The second-order valence-corrected chi connectivity index (χ2v) is 6.44. The van der Waals surface area contributed by atoms with Gasteiger partial charge in [-0.25, -0.2) is 0 Å². The van der Waals surface area contributed by atoms with Gasteiger partial charge in [0.25, 0.3) is 0 Å². The Morgan fingerprint density at radius 3 is 2.59 bits per heavy atom. The van der Waals surface area contributed by atoms with E-state index in [0.717, 1.165) is 50.8 Å². The molecule has 0 aromatic heterocycles.